The number of nitrogens with one attached hydrogen (secondary N) is 1. The van der Waals surface area contributed by atoms with Crippen LogP contribution < -0.4 is 4.72 Å². The molecule has 0 aliphatic heterocycles. The molecule has 0 amide bonds. The Labute approximate surface area is 123 Å². The Bertz CT molecular complexity index is 571. The highest BCUT2D eigenvalue weighted by Gasteiger charge is 2.23. The zero-order valence-electron chi connectivity index (χ0n) is 10.9. The molecule has 0 spiro atoms. The number of halogens is 2. The molecule has 0 radical (unpaired) electrons. The Kier molecular flexibility index (Phi) is 5.01. The maximum absolute atomic E-state index is 13.1. The molecule has 4 nitrogen and oxygen atoms in total. The van der Waals surface area contributed by atoms with E-state index in [0.29, 0.717) is 12.8 Å². The van der Waals surface area contributed by atoms with E-state index in [1.165, 1.54) is 6.07 Å². The topological polar surface area (TPSA) is 66.4 Å². The number of rotatable bonds is 4. The maximum Gasteiger partial charge on any atom is 0.242 e. The van der Waals surface area contributed by atoms with E-state index < -0.39 is 15.8 Å². The van der Waals surface area contributed by atoms with E-state index in [1.807, 2.05) is 0 Å². The lowest BCUT2D eigenvalue weighted by Gasteiger charge is -2.25. The number of hydrogen-bond acceptors (Lipinski definition) is 3. The third kappa shape index (κ3) is 3.91. The van der Waals surface area contributed by atoms with Crippen molar-refractivity contribution in [3.63, 3.8) is 0 Å². The number of sulfonamides is 1. The molecule has 1 aromatic rings. The largest absolute Gasteiger partial charge is 0.393 e. The van der Waals surface area contributed by atoms with E-state index in [0.717, 1.165) is 25.0 Å². The molecule has 0 bridgehead atoms. The molecule has 1 aromatic carbocycles. The predicted molar refractivity (Wildman–Crippen MR) is 74.6 cm³/mol. The fraction of sp³-hybridized carbons (Fsp3) is 0.538. The third-order valence-electron chi connectivity index (χ3n) is 3.56. The van der Waals surface area contributed by atoms with Crippen molar-refractivity contribution in [3.8, 4) is 0 Å². The van der Waals surface area contributed by atoms with Gasteiger partial charge in [0.05, 0.1) is 11.1 Å². The molecule has 112 valence electrons. The summed E-state index contributed by atoms with van der Waals surface area (Å²) in [6, 6.07) is 3.25. The Morgan fingerprint density at radius 2 is 1.95 bits per heavy atom. The second-order valence-electron chi connectivity index (χ2n) is 5.10. The molecule has 0 unspecified atom stereocenters. The molecular formula is C13H17ClFNO3S. The first-order valence-corrected chi connectivity index (χ1v) is 8.37. The summed E-state index contributed by atoms with van der Waals surface area (Å²) in [5.41, 5.74) is 0. The van der Waals surface area contributed by atoms with E-state index in [1.54, 1.807) is 0 Å². The Morgan fingerprint density at radius 3 is 2.60 bits per heavy atom. The van der Waals surface area contributed by atoms with E-state index in [4.69, 9.17) is 11.6 Å². The second kappa shape index (κ2) is 6.39. The van der Waals surface area contributed by atoms with Gasteiger partial charge in [-0.15, -0.1) is 0 Å². The van der Waals surface area contributed by atoms with Gasteiger partial charge in [-0.2, -0.15) is 0 Å². The van der Waals surface area contributed by atoms with Gasteiger partial charge in [0.2, 0.25) is 10.0 Å². The van der Waals surface area contributed by atoms with Crippen LogP contribution in [0, 0.1) is 11.7 Å². The smallest absolute Gasteiger partial charge is 0.242 e. The maximum atomic E-state index is 13.1. The van der Waals surface area contributed by atoms with Gasteiger partial charge in [0, 0.05) is 6.54 Å². The molecule has 1 fully saturated rings. The number of aliphatic hydroxyl groups excluding tert-OH is 1. The van der Waals surface area contributed by atoms with E-state index >= 15 is 0 Å². The minimum Gasteiger partial charge on any atom is -0.393 e. The average molecular weight is 322 g/mol. The summed E-state index contributed by atoms with van der Waals surface area (Å²) in [5.74, 6) is -0.448. The van der Waals surface area contributed by atoms with Gasteiger partial charge in [0.15, 0.2) is 0 Å². The van der Waals surface area contributed by atoms with Crippen LogP contribution in [0.1, 0.15) is 25.7 Å². The van der Waals surface area contributed by atoms with Gasteiger partial charge in [-0.05, 0) is 49.8 Å². The summed E-state index contributed by atoms with van der Waals surface area (Å²) in [6.45, 7) is 0.280. The van der Waals surface area contributed by atoms with Gasteiger partial charge in [-0.3, -0.25) is 0 Å². The van der Waals surface area contributed by atoms with Crippen molar-refractivity contribution in [2.24, 2.45) is 5.92 Å². The van der Waals surface area contributed by atoms with Gasteiger partial charge >= 0.3 is 0 Å². The SMILES string of the molecule is O=S(=O)(NCC1CCC(O)CC1)c1cc(F)ccc1Cl. The van der Waals surface area contributed by atoms with Crippen molar-refractivity contribution in [2.75, 3.05) is 6.54 Å². The molecule has 0 saturated heterocycles. The van der Waals surface area contributed by atoms with Crippen molar-refractivity contribution in [1.82, 2.24) is 4.72 Å². The van der Waals surface area contributed by atoms with Crippen LogP contribution in [0.15, 0.2) is 23.1 Å². The monoisotopic (exact) mass is 321 g/mol. The van der Waals surface area contributed by atoms with E-state index in [2.05, 4.69) is 4.72 Å². The molecule has 20 heavy (non-hydrogen) atoms. The number of aliphatic hydroxyl groups is 1. The van der Waals surface area contributed by atoms with Gasteiger partial charge in [-0.1, -0.05) is 11.6 Å². The summed E-state index contributed by atoms with van der Waals surface area (Å²) in [7, 11) is -3.81. The quantitative estimate of drug-likeness (QED) is 0.894. The Morgan fingerprint density at radius 1 is 1.30 bits per heavy atom. The zero-order valence-corrected chi connectivity index (χ0v) is 12.4. The lowest BCUT2D eigenvalue weighted by molar-refractivity contribution is 0.109. The van der Waals surface area contributed by atoms with Crippen molar-refractivity contribution < 1.29 is 17.9 Å². The summed E-state index contributed by atoms with van der Waals surface area (Å²) in [4.78, 5) is -0.241. The first-order chi connectivity index (χ1) is 9.38. The van der Waals surface area contributed by atoms with E-state index in [9.17, 15) is 17.9 Å². The molecule has 0 atom stereocenters. The lowest BCUT2D eigenvalue weighted by Crippen LogP contribution is -2.32. The highest BCUT2D eigenvalue weighted by molar-refractivity contribution is 7.89. The summed E-state index contributed by atoms with van der Waals surface area (Å²) in [5, 5.41) is 9.40. The van der Waals surface area contributed by atoms with Crippen LogP contribution in [0.2, 0.25) is 5.02 Å². The zero-order chi connectivity index (χ0) is 14.8. The minimum absolute atomic E-state index is 0.00188. The van der Waals surface area contributed by atoms with Crippen molar-refractivity contribution in [1.29, 1.82) is 0 Å². The number of benzene rings is 1. The van der Waals surface area contributed by atoms with Crippen LogP contribution in [0.3, 0.4) is 0 Å². The fourth-order valence-corrected chi connectivity index (χ4v) is 3.96. The van der Waals surface area contributed by atoms with Crippen LogP contribution in [0.25, 0.3) is 0 Å². The fourth-order valence-electron chi connectivity index (χ4n) is 2.34. The van der Waals surface area contributed by atoms with Gasteiger partial charge in [-0.25, -0.2) is 17.5 Å². The molecule has 2 rings (SSSR count). The van der Waals surface area contributed by atoms with E-state index in [-0.39, 0.29) is 28.5 Å². The van der Waals surface area contributed by atoms with Crippen molar-refractivity contribution >= 4 is 21.6 Å². The Balaban J connectivity index is 2.02. The molecule has 0 heterocycles. The van der Waals surface area contributed by atoms with Crippen LogP contribution in [0.4, 0.5) is 4.39 Å². The Hall–Kier alpha value is -0.690. The molecule has 7 heteroatoms. The van der Waals surface area contributed by atoms with Crippen molar-refractivity contribution in [2.45, 2.75) is 36.7 Å². The number of hydrogen-bond donors (Lipinski definition) is 2. The first-order valence-electron chi connectivity index (χ1n) is 6.51. The highest BCUT2D eigenvalue weighted by Crippen LogP contribution is 2.25. The molecule has 1 saturated carbocycles. The van der Waals surface area contributed by atoms with Crippen LogP contribution in [-0.2, 0) is 10.0 Å². The third-order valence-corrected chi connectivity index (χ3v) is 5.47. The standard InChI is InChI=1S/C13H17ClFNO3S/c14-12-6-3-10(15)7-13(12)20(18,19)16-8-9-1-4-11(17)5-2-9/h3,6-7,9,11,16-17H,1-2,4-5,8H2. The van der Waals surface area contributed by atoms with Crippen LogP contribution in [-0.4, -0.2) is 26.2 Å². The van der Waals surface area contributed by atoms with Crippen molar-refractivity contribution in [3.05, 3.63) is 29.0 Å². The molecular weight excluding hydrogens is 305 g/mol. The molecule has 2 N–H and O–H groups in total. The summed E-state index contributed by atoms with van der Waals surface area (Å²) < 4.78 is 39.8. The molecule has 0 aromatic heterocycles. The lowest BCUT2D eigenvalue weighted by atomic mass is 9.88. The summed E-state index contributed by atoms with van der Waals surface area (Å²) in [6.07, 6.45) is 2.65. The summed E-state index contributed by atoms with van der Waals surface area (Å²) >= 11 is 5.80. The average Bonchev–Trinajstić information content (AvgIpc) is 2.41. The van der Waals surface area contributed by atoms with Crippen LogP contribution in [0.5, 0.6) is 0 Å². The minimum atomic E-state index is -3.81. The second-order valence-corrected chi connectivity index (χ2v) is 7.24. The highest BCUT2D eigenvalue weighted by atomic mass is 35.5. The van der Waals surface area contributed by atoms with Crippen LogP contribution >= 0.6 is 11.6 Å². The molecule has 1 aliphatic carbocycles. The van der Waals surface area contributed by atoms with Gasteiger partial charge in [0.1, 0.15) is 10.7 Å². The van der Waals surface area contributed by atoms with Gasteiger partial charge < -0.3 is 5.11 Å². The normalized spacial score (nSPS) is 23.8. The first kappa shape index (κ1) is 15.7. The molecule has 1 aliphatic rings. The predicted octanol–water partition coefficient (Wildman–Crippen LogP) is 2.31. The van der Waals surface area contributed by atoms with Gasteiger partial charge in [0.25, 0.3) is 0 Å².